The van der Waals surface area contributed by atoms with Crippen molar-refractivity contribution in [1.29, 1.82) is 0 Å². The van der Waals surface area contributed by atoms with Crippen LogP contribution in [0.5, 0.6) is 5.88 Å². The lowest BCUT2D eigenvalue weighted by Crippen LogP contribution is -2.15. The van der Waals surface area contributed by atoms with Crippen LogP contribution in [-0.2, 0) is 10.0 Å². The predicted molar refractivity (Wildman–Crippen MR) is 126 cm³/mol. The average Bonchev–Trinajstić information content (AvgIpc) is 2.79. The van der Waals surface area contributed by atoms with Crippen molar-refractivity contribution in [3.05, 3.63) is 64.9 Å². The second-order valence-electron chi connectivity index (χ2n) is 6.65. The van der Waals surface area contributed by atoms with Crippen molar-refractivity contribution in [3.63, 3.8) is 0 Å². The summed E-state index contributed by atoms with van der Waals surface area (Å²) in [5, 5.41) is 4.11. The first kappa shape index (κ1) is 22.1. The molecule has 0 atom stereocenters. The zero-order valence-electron chi connectivity index (χ0n) is 16.9. The summed E-state index contributed by atoms with van der Waals surface area (Å²) in [6.07, 6.45) is 3.01. The molecule has 4 aromatic rings. The van der Waals surface area contributed by atoms with Gasteiger partial charge in [0.05, 0.1) is 28.4 Å². The maximum Gasteiger partial charge on any atom is 0.267 e. The minimum Gasteiger partial charge on any atom is -0.480 e. The molecule has 0 saturated heterocycles. The summed E-state index contributed by atoms with van der Waals surface area (Å²) in [5.41, 5.74) is 2.39. The molecule has 2 aromatic carbocycles. The molecule has 164 valence electrons. The smallest absolute Gasteiger partial charge is 0.267 e. The fourth-order valence-corrected chi connectivity index (χ4v) is 4.89. The molecule has 0 aliphatic heterocycles. The largest absolute Gasteiger partial charge is 0.480 e. The van der Waals surface area contributed by atoms with Gasteiger partial charge >= 0.3 is 0 Å². The van der Waals surface area contributed by atoms with Crippen LogP contribution in [0.1, 0.15) is 0 Å². The van der Waals surface area contributed by atoms with E-state index in [0.29, 0.717) is 11.5 Å². The number of sulfonamides is 1. The van der Waals surface area contributed by atoms with Crippen molar-refractivity contribution >= 4 is 55.8 Å². The van der Waals surface area contributed by atoms with Crippen LogP contribution < -0.4 is 14.8 Å². The van der Waals surface area contributed by atoms with Crippen LogP contribution >= 0.6 is 23.2 Å². The zero-order chi connectivity index (χ0) is 22.9. The van der Waals surface area contributed by atoms with Crippen LogP contribution in [0.4, 0.5) is 11.6 Å². The van der Waals surface area contributed by atoms with Gasteiger partial charge in [-0.3, -0.25) is 4.72 Å². The number of anilines is 2. The molecule has 0 bridgehead atoms. The van der Waals surface area contributed by atoms with Gasteiger partial charge < -0.3 is 10.1 Å². The van der Waals surface area contributed by atoms with Crippen LogP contribution in [-0.4, -0.2) is 37.5 Å². The van der Waals surface area contributed by atoms with Crippen LogP contribution in [0.3, 0.4) is 0 Å². The third kappa shape index (κ3) is 4.27. The minimum atomic E-state index is -4.08. The van der Waals surface area contributed by atoms with Gasteiger partial charge in [0.25, 0.3) is 10.0 Å². The van der Waals surface area contributed by atoms with Gasteiger partial charge in [-0.05, 0) is 29.8 Å². The molecule has 0 saturated carbocycles. The number of pyridine rings is 1. The molecule has 11 heteroatoms. The molecule has 8 nitrogen and oxygen atoms in total. The van der Waals surface area contributed by atoms with Crippen molar-refractivity contribution in [2.24, 2.45) is 0 Å². The molecule has 2 heterocycles. The van der Waals surface area contributed by atoms with E-state index in [1.807, 2.05) is 18.2 Å². The first-order valence-corrected chi connectivity index (χ1v) is 11.5. The Morgan fingerprint density at radius 2 is 1.84 bits per heavy atom. The Labute approximate surface area is 194 Å². The SMILES string of the molecule is CNc1ncc2cc(-c3cccc(NS(=O)(=O)c4cc(Cl)cnc4OC)c3Cl)ccc2n1. The minimum absolute atomic E-state index is 0.0790. The predicted octanol–water partition coefficient (Wildman–Crippen LogP) is 4.85. The molecule has 2 N–H and O–H groups in total. The van der Waals surface area contributed by atoms with Crippen molar-refractivity contribution in [1.82, 2.24) is 15.0 Å². The standard InChI is InChI=1S/C21H17Cl2N5O3S/c1-24-21-26-10-13-8-12(6-7-16(13)27-21)15-4-3-5-17(19(15)23)28-32(29,30)18-9-14(22)11-25-20(18)31-2/h3-11,28H,1-2H3,(H,24,26,27). The number of fused-ring (bicyclic) bond motifs is 1. The number of rotatable bonds is 6. The van der Waals surface area contributed by atoms with Crippen molar-refractivity contribution < 1.29 is 13.2 Å². The van der Waals surface area contributed by atoms with Crippen LogP contribution in [0.2, 0.25) is 10.0 Å². The maximum absolute atomic E-state index is 13.0. The molecule has 32 heavy (non-hydrogen) atoms. The number of nitrogens with one attached hydrogen (secondary N) is 2. The maximum atomic E-state index is 13.0. The first-order chi connectivity index (χ1) is 15.3. The molecule has 0 aliphatic rings. The van der Waals surface area contributed by atoms with E-state index in [1.165, 1.54) is 19.4 Å². The average molecular weight is 490 g/mol. The van der Waals surface area contributed by atoms with E-state index in [1.54, 1.807) is 31.4 Å². The summed E-state index contributed by atoms with van der Waals surface area (Å²) >= 11 is 12.5. The Morgan fingerprint density at radius 1 is 1.03 bits per heavy atom. The van der Waals surface area contributed by atoms with Crippen LogP contribution in [0.15, 0.2) is 59.8 Å². The molecule has 0 amide bonds. The van der Waals surface area contributed by atoms with Gasteiger partial charge in [-0.25, -0.2) is 23.4 Å². The number of aromatic nitrogens is 3. The lowest BCUT2D eigenvalue weighted by molar-refractivity contribution is 0.385. The lowest BCUT2D eigenvalue weighted by atomic mass is 10.0. The van der Waals surface area contributed by atoms with E-state index in [0.717, 1.165) is 16.5 Å². The summed E-state index contributed by atoms with van der Waals surface area (Å²) in [5.74, 6) is 0.440. The van der Waals surface area contributed by atoms with E-state index < -0.39 is 10.0 Å². The summed E-state index contributed by atoms with van der Waals surface area (Å²) in [6.45, 7) is 0. The molecule has 0 radical (unpaired) electrons. The Hall–Kier alpha value is -3.14. The number of ether oxygens (including phenoxy) is 1. The highest BCUT2D eigenvalue weighted by Gasteiger charge is 2.23. The van der Waals surface area contributed by atoms with Crippen molar-refractivity contribution in [2.45, 2.75) is 4.90 Å². The van der Waals surface area contributed by atoms with Gasteiger partial charge in [0.1, 0.15) is 0 Å². The number of hydrogen-bond acceptors (Lipinski definition) is 7. The van der Waals surface area contributed by atoms with Gasteiger partial charge in [-0.2, -0.15) is 0 Å². The van der Waals surface area contributed by atoms with E-state index >= 15 is 0 Å². The molecular weight excluding hydrogens is 473 g/mol. The molecule has 0 spiro atoms. The van der Waals surface area contributed by atoms with Gasteiger partial charge in [0.2, 0.25) is 11.8 Å². The quantitative estimate of drug-likeness (QED) is 0.398. The van der Waals surface area contributed by atoms with E-state index in [4.69, 9.17) is 27.9 Å². The van der Waals surface area contributed by atoms with Crippen LogP contribution in [0.25, 0.3) is 22.0 Å². The van der Waals surface area contributed by atoms with Gasteiger partial charge in [-0.15, -0.1) is 0 Å². The fourth-order valence-electron chi connectivity index (χ4n) is 3.11. The van der Waals surface area contributed by atoms with Gasteiger partial charge in [0, 0.05) is 30.4 Å². The Kier molecular flexibility index (Phi) is 6.05. The zero-order valence-corrected chi connectivity index (χ0v) is 19.3. The highest BCUT2D eigenvalue weighted by Crippen LogP contribution is 2.36. The number of hydrogen-bond donors (Lipinski definition) is 2. The summed E-state index contributed by atoms with van der Waals surface area (Å²) < 4.78 is 33.6. The molecule has 2 aromatic heterocycles. The fraction of sp³-hybridized carbons (Fsp3) is 0.0952. The van der Waals surface area contributed by atoms with Gasteiger partial charge in [0.15, 0.2) is 4.90 Å². The van der Waals surface area contributed by atoms with Gasteiger partial charge in [-0.1, -0.05) is 41.4 Å². The summed E-state index contributed by atoms with van der Waals surface area (Å²) in [4.78, 5) is 12.3. The molecule has 4 rings (SSSR count). The molecule has 0 fully saturated rings. The second-order valence-corrected chi connectivity index (χ2v) is 9.12. The highest BCUT2D eigenvalue weighted by molar-refractivity contribution is 7.92. The monoisotopic (exact) mass is 489 g/mol. The topological polar surface area (TPSA) is 106 Å². The number of nitrogens with zero attached hydrogens (tertiary/aromatic N) is 3. The number of methoxy groups -OCH3 is 1. The number of benzene rings is 2. The highest BCUT2D eigenvalue weighted by atomic mass is 35.5. The molecular formula is C21H17Cl2N5O3S. The van der Waals surface area contributed by atoms with E-state index in [2.05, 4.69) is 25.0 Å². The van der Waals surface area contributed by atoms with Crippen LogP contribution in [0, 0.1) is 0 Å². The molecule has 0 unspecified atom stereocenters. The number of halogens is 2. The Balaban J connectivity index is 1.73. The third-order valence-corrected chi connectivity index (χ3v) is 6.60. The van der Waals surface area contributed by atoms with Crippen molar-refractivity contribution in [3.8, 4) is 17.0 Å². The lowest BCUT2D eigenvalue weighted by Gasteiger charge is -2.14. The van der Waals surface area contributed by atoms with E-state index in [-0.39, 0.29) is 26.5 Å². The second kappa shape index (κ2) is 8.78. The van der Waals surface area contributed by atoms with Crippen molar-refractivity contribution in [2.75, 3.05) is 24.2 Å². The Bertz CT molecular complexity index is 1430. The normalized spacial score (nSPS) is 11.4. The van der Waals surface area contributed by atoms with E-state index in [9.17, 15) is 8.42 Å². The Morgan fingerprint density at radius 3 is 2.59 bits per heavy atom. The summed E-state index contributed by atoms with van der Waals surface area (Å²) in [6, 6.07) is 11.9. The third-order valence-electron chi connectivity index (χ3n) is 4.63. The molecule has 0 aliphatic carbocycles. The summed E-state index contributed by atoms with van der Waals surface area (Å²) in [7, 11) is -1.00. The first-order valence-electron chi connectivity index (χ1n) is 9.28.